The Hall–Kier alpha value is -2.38. The van der Waals surface area contributed by atoms with Gasteiger partial charge in [-0.3, -0.25) is 4.79 Å². The third-order valence-electron chi connectivity index (χ3n) is 3.51. The Morgan fingerprint density at radius 3 is 2.72 bits per heavy atom. The third-order valence-corrected chi connectivity index (χ3v) is 5.58. The first-order chi connectivity index (χ1) is 12.2. The zero-order chi connectivity index (χ0) is 17.6. The molecule has 1 N–H and O–H groups in total. The number of nitrogens with zero attached hydrogens (tertiary/aromatic N) is 2. The van der Waals surface area contributed by atoms with Crippen molar-refractivity contribution in [3.8, 4) is 5.75 Å². The van der Waals surface area contributed by atoms with Crippen LogP contribution in [0.25, 0.3) is 0 Å². The summed E-state index contributed by atoms with van der Waals surface area (Å²) in [5.41, 5.74) is 4.27. The number of carbonyl (C=O) groups is 1. The van der Waals surface area contributed by atoms with Crippen molar-refractivity contribution in [1.29, 1.82) is 0 Å². The Labute approximate surface area is 154 Å². The Balaban J connectivity index is 1.88. The van der Waals surface area contributed by atoms with Gasteiger partial charge in [-0.25, -0.2) is 0 Å². The fourth-order valence-corrected chi connectivity index (χ4v) is 4.01. The number of carbonyl (C=O) groups excluding carboxylic acids is 1. The number of ether oxygens (including phenoxy) is 1. The molecule has 1 heterocycles. The molecule has 128 valence electrons. The number of hydrogen-bond acceptors (Lipinski definition) is 6. The Kier molecular flexibility index (Phi) is 5.67. The van der Waals surface area contributed by atoms with Gasteiger partial charge in [-0.05, 0) is 30.2 Å². The number of anilines is 1. The van der Waals surface area contributed by atoms with Crippen molar-refractivity contribution in [2.75, 3.05) is 12.4 Å². The number of methoxy groups -OCH3 is 1. The van der Waals surface area contributed by atoms with Gasteiger partial charge in [0.1, 0.15) is 16.5 Å². The highest BCUT2D eigenvalue weighted by Gasteiger charge is 2.24. The van der Waals surface area contributed by atoms with Crippen LogP contribution in [-0.4, -0.2) is 23.2 Å². The SMILES string of the molecule is COc1ccc(C)cc1NC(=O)[C@H](Sc1nncs1)c1ccccc1. The van der Waals surface area contributed by atoms with E-state index in [1.807, 2.05) is 55.5 Å². The second-order valence-electron chi connectivity index (χ2n) is 5.31. The normalized spacial score (nSPS) is 11.8. The average molecular weight is 371 g/mol. The van der Waals surface area contributed by atoms with Crippen LogP contribution in [0.3, 0.4) is 0 Å². The van der Waals surface area contributed by atoms with E-state index in [9.17, 15) is 4.79 Å². The number of rotatable bonds is 6. The maximum Gasteiger partial charge on any atom is 0.242 e. The lowest BCUT2D eigenvalue weighted by Crippen LogP contribution is -2.19. The van der Waals surface area contributed by atoms with Gasteiger partial charge in [0.15, 0.2) is 4.34 Å². The summed E-state index contributed by atoms with van der Waals surface area (Å²) in [6.45, 7) is 1.97. The molecular weight excluding hydrogens is 354 g/mol. The fraction of sp³-hybridized carbons (Fsp3) is 0.167. The van der Waals surface area contributed by atoms with E-state index in [-0.39, 0.29) is 5.91 Å². The van der Waals surface area contributed by atoms with Crippen LogP contribution in [-0.2, 0) is 4.79 Å². The molecule has 3 rings (SSSR count). The standard InChI is InChI=1S/C18H17N3O2S2/c1-12-8-9-15(23-2)14(10-12)20-17(22)16(13-6-4-3-5-7-13)25-18-21-19-11-24-18/h3-11,16H,1-2H3,(H,20,22)/t16-/m1/s1. The van der Waals surface area contributed by atoms with Crippen LogP contribution >= 0.6 is 23.1 Å². The molecule has 0 saturated heterocycles. The number of hydrogen-bond donors (Lipinski definition) is 1. The summed E-state index contributed by atoms with van der Waals surface area (Å²) >= 11 is 2.80. The molecule has 0 fully saturated rings. The average Bonchev–Trinajstić information content (AvgIpc) is 3.14. The van der Waals surface area contributed by atoms with Gasteiger partial charge in [0.25, 0.3) is 0 Å². The van der Waals surface area contributed by atoms with Crippen molar-refractivity contribution in [2.45, 2.75) is 16.5 Å². The predicted molar refractivity (Wildman–Crippen MR) is 101 cm³/mol. The van der Waals surface area contributed by atoms with Crippen molar-refractivity contribution >= 4 is 34.7 Å². The fourth-order valence-electron chi connectivity index (χ4n) is 2.33. The lowest BCUT2D eigenvalue weighted by Gasteiger charge is -2.17. The van der Waals surface area contributed by atoms with Crippen LogP contribution in [0, 0.1) is 6.92 Å². The summed E-state index contributed by atoms with van der Waals surface area (Å²) in [6.07, 6.45) is 0. The maximum atomic E-state index is 13.0. The number of benzene rings is 2. The molecule has 1 amide bonds. The summed E-state index contributed by atoms with van der Waals surface area (Å²) < 4.78 is 6.10. The quantitative estimate of drug-likeness (QED) is 0.654. The monoisotopic (exact) mass is 371 g/mol. The van der Waals surface area contributed by atoms with E-state index in [2.05, 4.69) is 15.5 Å². The molecule has 0 spiro atoms. The van der Waals surface area contributed by atoms with E-state index in [4.69, 9.17) is 4.74 Å². The number of thioether (sulfide) groups is 1. The highest BCUT2D eigenvalue weighted by atomic mass is 32.2. The zero-order valence-corrected chi connectivity index (χ0v) is 15.4. The lowest BCUT2D eigenvalue weighted by atomic mass is 10.1. The van der Waals surface area contributed by atoms with E-state index < -0.39 is 5.25 Å². The van der Waals surface area contributed by atoms with Crippen LogP contribution in [0.1, 0.15) is 16.4 Å². The molecule has 0 radical (unpaired) electrons. The molecule has 0 saturated carbocycles. The molecule has 0 unspecified atom stereocenters. The molecule has 1 atom stereocenters. The molecule has 0 aliphatic rings. The Morgan fingerprint density at radius 2 is 2.04 bits per heavy atom. The minimum absolute atomic E-state index is 0.129. The summed E-state index contributed by atoms with van der Waals surface area (Å²) in [7, 11) is 1.59. The summed E-state index contributed by atoms with van der Waals surface area (Å²) in [6, 6.07) is 15.3. The molecular formula is C18H17N3O2S2. The van der Waals surface area contributed by atoms with Gasteiger partial charge in [0.2, 0.25) is 5.91 Å². The van der Waals surface area contributed by atoms with Crippen LogP contribution < -0.4 is 10.1 Å². The van der Waals surface area contributed by atoms with Crippen LogP contribution in [0.5, 0.6) is 5.75 Å². The number of nitrogens with one attached hydrogen (secondary N) is 1. The zero-order valence-electron chi connectivity index (χ0n) is 13.8. The Morgan fingerprint density at radius 1 is 1.24 bits per heavy atom. The molecule has 1 aromatic heterocycles. The number of amides is 1. The van der Waals surface area contributed by atoms with Crippen molar-refractivity contribution in [3.63, 3.8) is 0 Å². The van der Waals surface area contributed by atoms with Crippen molar-refractivity contribution in [1.82, 2.24) is 10.2 Å². The second kappa shape index (κ2) is 8.13. The van der Waals surface area contributed by atoms with E-state index >= 15 is 0 Å². The first-order valence-corrected chi connectivity index (χ1v) is 9.36. The first kappa shape index (κ1) is 17.4. The van der Waals surface area contributed by atoms with Gasteiger partial charge in [0.05, 0.1) is 12.8 Å². The minimum atomic E-state index is -0.431. The van der Waals surface area contributed by atoms with E-state index in [0.717, 1.165) is 15.5 Å². The largest absolute Gasteiger partial charge is 0.495 e. The first-order valence-electron chi connectivity index (χ1n) is 7.60. The highest BCUT2D eigenvalue weighted by molar-refractivity contribution is 8.01. The molecule has 25 heavy (non-hydrogen) atoms. The van der Waals surface area contributed by atoms with Crippen molar-refractivity contribution < 1.29 is 9.53 Å². The molecule has 5 nitrogen and oxygen atoms in total. The summed E-state index contributed by atoms with van der Waals surface area (Å²) in [5.74, 6) is 0.502. The molecule has 3 aromatic rings. The van der Waals surface area contributed by atoms with Crippen LogP contribution in [0.15, 0.2) is 58.4 Å². The summed E-state index contributed by atoms with van der Waals surface area (Å²) in [4.78, 5) is 13.0. The van der Waals surface area contributed by atoms with E-state index in [1.54, 1.807) is 12.6 Å². The van der Waals surface area contributed by atoms with Crippen LogP contribution in [0.2, 0.25) is 0 Å². The lowest BCUT2D eigenvalue weighted by molar-refractivity contribution is -0.115. The molecule has 0 aliphatic carbocycles. The van der Waals surface area contributed by atoms with Gasteiger partial charge in [-0.1, -0.05) is 59.5 Å². The highest BCUT2D eigenvalue weighted by Crippen LogP contribution is 2.37. The van der Waals surface area contributed by atoms with Gasteiger partial charge in [-0.15, -0.1) is 10.2 Å². The molecule has 7 heteroatoms. The van der Waals surface area contributed by atoms with Gasteiger partial charge < -0.3 is 10.1 Å². The Bertz CT molecular complexity index is 839. The summed E-state index contributed by atoms with van der Waals surface area (Å²) in [5, 5.41) is 10.4. The second-order valence-corrected chi connectivity index (χ2v) is 7.49. The van der Waals surface area contributed by atoms with E-state index in [0.29, 0.717) is 11.4 Å². The molecule has 2 aromatic carbocycles. The maximum absolute atomic E-state index is 13.0. The minimum Gasteiger partial charge on any atom is -0.495 e. The number of aryl methyl sites for hydroxylation is 1. The number of aromatic nitrogens is 2. The predicted octanol–water partition coefficient (Wildman–Crippen LogP) is 4.33. The van der Waals surface area contributed by atoms with Gasteiger partial charge >= 0.3 is 0 Å². The molecule has 0 aliphatic heterocycles. The van der Waals surface area contributed by atoms with E-state index in [1.165, 1.54) is 23.1 Å². The van der Waals surface area contributed by atoms with Gasteiger partial charge in [-0.2, -0.15) is 0 Å². The van der Waals surface area contributed by atoms with Gasteiger partial charge in [0, 0.05) is 0 Å². The molecule has 0 bridgehead atoms. The van der Waals surface area contributed by atoms with Crippen molar-refractivity contribution in [3.05, 3.63) is 65.2 Å². The smallest absolute Gasteiger partial charge is 0.242 e. The topological polar surface area (TPSA) is 64.1 Å². The van der Waals surface area contributed by atoms with Crippen LogP contribution in [0.4, 0.5) is 5.69 Å². The third kappa shape index (κ3) is 4.37. The van der Waals surface area contributed by atoms with Crippen molar-refractivity contribution in [2.24, 2.45) is 0 Å².